The maximum atomic E-state index is 12.9. The summed E-state index contributed by atoms with van der Waals surface area (Å²) in [4.78, 5) is 49.5. The van der Waals surface area contributed by atoms with Crippen molar-refractivity contribution in [1.82, 2.24) is 0 Å². The van der Waals surface area contributed by atoms with Gasteiger partial charge in [0.2, 0.25) is 0 Å². The van der Waals surface area contributed by atoms with Crippen LogP contribution in [0, 0.1) is 11.8 Å². The maximum absolute atomic E-state index is 12.9. The fraction of sp³-hybridized carbons (Fsp3) is 0.238. The summed E-state index contributed by atoms with van der Waals surface area (Å²) >= 11 is 0. The molecule has 0 radical (unpaired) electrons. The highest BCUT2D eigenvalue weighted by molar-refractivity contribution is 6.30. The van der Waals surface area contributed by atoms with Crippen molar-refractivity contribution in [3.05, 3.63) is 64.7 Å². The third-order valence-corrected chi connectivity index (χ3v) is 4.98. The molecule has 27 heavy (non-hydrogen) atoms. The Hall–Kier alpha value is -3.28. The lowest BCUT2D eigenvalue weighted by molar-refractivity contribution is -0.148. The molecule has 2 atom stereocenters. The van der Waals surface area contributed by atoms with Gasteiger partial charge in [0.25, 0.3) is 5.91 Å². The van der Waals surface area contributed by atoms with Crippen LogP contribution >= 0.6 is 0 Å². The van der Waals surface area contributed by atoms with Crippen LogP contribution in [0.4, 0.5) is 5.69 Å². The summed E-state index contributed by atoms with van der Waals surface area (Å²) in [6, 6.07) is 11.3. The molecule has 1 N–H and O–H groups in total. The van der Waals surface area contributed by atoms with Crippen molar-refractivity contribution in [2.24, 2.45) is 11.8 Å². The van der Waals surface area contributed by atoms with Crippen LogP contribution in [0.2, 0.25) is 0 Å². The smallest absolute Gasteiger partial charge is 0.309 e. The second-order valence-electron chi connectivity index (χ2n) is 6.91. The Bertz CT molecular complexity index is 994. The lowest BCUT2D eigenvalue weighted by Crippen LogP contribution is -2.26. The Labute approximate surface area is 155 Å². The lowest BCUT2D eigenvalue weighted by Gasteiger charge is -2.20. The van der Waals surface area contributed by atoms with Crippen molar-refractivity contribution in [1.29, 1.82) is 0 Å². The van der Waals surface area contributed by atoms with Gasteiger partial charge in [-0.15, -0.1) is 0 Å². The van der Waals surface area contributed by atoms with Crippen LogP contribution in [0.25, 0.3) is 0 Å². The van der Waals surface area contributed by atoms with E-state index in [4.69, 9.17) is 4.74 Å². The van der Waals surface area contributed by atoms with E-state index in [9.17, 15) is 19.2 Å². The van der Waals surface area contributed by atoms with E-state index in [1.165, 1.54) is 0 Å². The molecule has 0 heterocycles. The quantitative estimate of drug-likeness (QED) is 0.720. The van der Waals surface area contributed by atoms with Crippen molar-refractivity contribution in [3.8, 4) is 0 Å². The molecule has 0 bridgehead atoms. The summed E-state index contributed by atoms with van der Waals surface area (Å²) in [5.41, 5.74) is 1.31. The molecule has 0 saturated heterocycles. The molecule has 2 aromatic carbocycles. The van der Waals surface area contributed by atoms with Crippen molar-refractivity contribution >= 4 is 29.1 Å². The van der Waals surface area contributed by atoms with Crippen LogP contribution in [0.1, 0.15) is 45.2 Å². The molecule has 0 aromatic heterocycles. The molecule has 6 heteroatoms. The first-order valence-electron chi connectivity index (χ1n) is 8.75. The molecule has 0 spiro atoms. The van der Waals surface area contributed by atoms with Gasteiger partial charge in [-0.05, 0) is 18.4 Å². The number of rotatable bonds is 4. The fourth-order valence-corrected chi connectivity index (χ4v) is 3.33. The Balaban J connectivity index is 1.55. The predicted octanol–water partition coefficient (Wildman–Crippen LogP) is 2.60. The largest absolute Gasteiger partial charge is 0.455 e. The summed E-state index contributed by atoms with van der Waals surface area (Å²) < 4.78 is 5.02. The molecule has 2 unspecified atom stereocenters. The number of carbonyl (C=O) groups excluding carboxylic acids is 4. The zero-order valence-electron chi connectivity index (χ0n) is 14.7. The number of ketones is 2. The second kappa shape index (κ2) is 6.46. The number of fused-ring (bicyclic) bond motifs is 2. The number of hydrogen-bond acceptors (Lipinski definition) is 5. The average molecular weight is 363 g/mol. The van der Waals surface area contributed by atoms with Crippen LogP contribution in [0.5, 0.6) is 0 Å². The maximum Gasteiger partial charge on any atom is 0.309 e. The third kappa shape index (κ3) is 3.03. The van der Waals surface area contributed by atoms with Gasteiger partial charge in [-0.1, -0.05) is 43.3 Å². The number of hydrogen-bond donors (Lipinski definition) is 1. The molecule has 136 valence electrons. The molecule has 2 aliphatic rings. The molecular weight excluding hydrogens is 346 g/mol. The van der Waals surface area contributed by atoms with E-state index in [0.717, 1.165) is 6.42 Å². The van der Waals surface area contributed by atoms with Crippen LogP contribution in [-0.4, -0.2) is 30.0 Å². The van der Waals surface area contributed by atoms with Crippen LogP contribution < -0.4 is 5.32 Å². The summed E-state index contributed by atoms with van der Waals surface area (Å²) in [5, 5.41) is 2.59. The molecule has 2 aromatic rings. The zero-order chi connectivity index (χ0) is 19.1. The number of anilines is 1. The fourth-order valence-electron chi connectivity index (χ4n) is 3.33. The van der Waals surface area contributed by atoms with Gasteiger partial charge in [-0.2, -0.15) is 0 Å². The van der Waals surface area contributed by atoms with Gasteiger partial charge in [0, 0.05) is 16.7 Å². The van der Waals surface area contributed by atoms with Gasteiger partial charge in [-0.3, -0.25) is 19.2 Å². The molecular formula is C21H17NO5. The monoisotopic (exact) mass is 363 g/mol. The van der Waals surface area contributed by atoms with Crippen molar-refractivity contribution < 1.29 is 23.9 Å². The number of ether oxygens (including phenoxy) is 1. The number of nitrogens with one attached hydrogen (secondary N) is 1. The first kappa shape index (κ1) is 17.1. The minimum Gasteiger partial charge on any atom is -0.455 e. The first-order valence-corrected chi connectivity index (χ1v) is 8.75. The summed E-state index contributed by atoms with van der Waals surface area (Å²) in [5.74, 6) is -1.34. The third-order valence-electron chi connectivity index (χ3n) is 4.98. The molecule has 1 fully saturated rings. The van der Waals surface area contributed by atoms with Gasteiger partial charge in [0.05, 0.1) is 17.2 Å². The van der Waals surface area contributed by atoms with Gasteiger partial charge in [-0.25, -0.2) is 0 Å². The van der Waals surface area contributed by atoms with E-state index in [1.54, 1.807) is 42.5 Å². The zero-order valence-corrected chi connectivity index (χ0v) is 14.7. The van der Waals surface area contributed by atoms with Crippen molar-refractivity contribution in [2.75, 3.05) is 11.9 Å². The summed E-state index contributed by atoms with van der Waals surface area (Å²) in [7, 11) is 0. The highest BCUT2D eigenvalue weighted by Crippen LogP contribution is 2.38. The minimum atomic E-state index is -0.552. The van der Waals surface area contributed by atoms with Crippen LogP contribution in [-0.2, 0) is 14.3 Å². The Kier molecular flexibility index (Phi) is 4.11. The standard InChI is InChI=1S/C21H17NO5/c1-11-9-15(11)21(26)27-10-17(23)22-16-8-4-7-14-18(16)20(25)13-6-3-2-5-12(13)19(14)24/h2-8,11,15H,9-10H2,1H3,(H,22,23). The van der Waals surface area contributed by atoms with Gasteiger partial charge < -0.3 is 10.1 Å². The van der Waals surface area contributed by atoms with Crippen molar-refractivity contribution in [3.63, 3.8) is 0 Å². The van der Waals surface area contributed by atoms with E-state index < -0.39 is 12.5 Å². The highest BCUT2D eigenvalue weighted by atomic mass is 16.5. The van der Waals surface area contributed by atoms with E-state index in [-0.39, 0.29) is 40.3 Å². The minimum absolute atomic E-state index is 0.127. The van der Waals surface area contributed by atoms with Gasteiger partial charge >= 0.3 is 5.97 Å². The molecule has 6 nitrogen and oxygen atoms in total. The predicted molar refractivity (Wildman–Crippen MR) is 96.6 cm³/mol. The normalized spacial score (nSPS) is 19.7. The van der Waals surface area contributed by atoms with Crippen LogP contribution in [0.15, 0.2) is 42.5 Å². The second-order valence-corrected chi connectivity index (χ2v) is 6.91. The van der Waals surface area contributed by atoms with E-state index in [1.807, 2.05) is 6.92 Å². The Morgan fingerprint density at radius 2 is 1.63 bits per heavy atom. The topological polar surface area (TPSA) is 89.5 Å². The number of carbonyl (C=O) groups is 4. The Morgan fingerprint density at radius 3 is 2.30 bits per heavy atom. The first-order chi connectivity index (χ1) is 13.0. The number of amides is 1. The molecule has 4 rings (SSSR count). The summed E-state index contributed by atoms with van der Waals surface area (Å²) in [6.45, 7) is 1.52. The van der Waals surface area contributed by atoms with E-state index >= 15 is 0 Å². The number of esters is 1. The van der Waals surface area contributed by atoms with Crippen molar-refractivity contribution in [2.45, 2.75) is 13.3 Å². The van der Waals surface area contributed by atoms with E-state index in [0.29, 0.717) is 17.0 Å². The SMILES string of the molecule is CC1CC1C(=O)OCC(=O)Nc1cccc2c1C(=O)c1ccccc1C2=O. The molecule has 0 aliphatic heterocycles. The molecule has 1 saturated carbocycles. The lowest BCUT2D eigenvalue weighted by atomic mass is 9.83. The highest BCUT2D eigenvalue weighted by Gasteiger charge is 2.40. The Morgan fingerprint density at radius 1 is 1.00 bits per heavy atom. The molecule has 1 amide bonds. The van der Waals surface area contributed by atoms with Gasteiger partial charge in [0.15, 0.2) is 18.2 Å². The van der Waals surface area contributed by atoms with Gasteiger partial charge in [0.1, 0.15) is 0 Å². The molecule has 2 aliphatic carbocycles. The van der Waals surface area contributed by atoms with E-state index in [2.05, 4.69) is 5.32 Å². The van der Waals surface area contributed by atoms with Crippen LogP contribution in [0.3, 0.4) is 0 Å². The summed E-state index contributed by atoms with van der Waals surface area (Å²) in [6.07, 6.45) is 0.780. The number of benzene rings is 2. The average Bonchev–Trinajstić information content (AvgIpc) is 3.41.